The summed E-state index contributed by atoms with van der Waals surface area (Å²) in [4.78, 5) is 12.2. The van der Waals surface area contributed by atoms with Gasteiger partial charge in [-0.05, 0) is 32.8 Å². The van der Waals surface area contributed by atoms with Gasteiger partial charge in [0.2, 0.25) is 0 Å². The van der Waals surface area contributed by atoms with Gasteiger partial charge in [0.25, 0.3) is 0 Å². The number of ether oxygens (including phenoxy) is 3. The molecule has 21 heavy (non-hydrogen) atoms. The number of halogens is 1. The van der Waals surface area contributed by atoms with Crippen LogP contribution in [-0.4, -0.2) is 25.3 Å². The van der Waals surface area contributed by atoms with Crippen LogP contribution < -0.4 is 9.47 Å². The fourth-order valence-corrected chi connectivity index (χ4v) is 1.83. The van der Waals surface area contributed by atoms with Crippen molar-refractivity contribution < 1.29 is 19.0 Å². The Morgan fingerprint density at radius 2 is 1.67 bits per heavy atom. The first kappa shape index (κ1) is 17.6. The molecule has 5 heteroatoms. The van der Waals surface area contributed by atoms with Crippen LogP contribution in [0.2, 0.25) is 5.02 Å². The van der Waals surface area contributed by atoms with E-state index in [1.54, 1.807) is 26.0 Å². The summed E-state index contributed by atoms with van der Waals surface area (Å²) >= 11 is 6.17. The molecular weight excluding hydrogens is 292 g/mol. The summed E-state index contributed by atoms with van der Waals surface area (Å²) < 4.78 is 16.4. The lowest BCUT2D eigenvalue weighted by Gasteiger charge is -2.15. The van der Waals surface area contributed by atoms with Crippen molar-refractivity contribution in [1.29, 1.82) is 0 Å². The molecule has 0 bridgehead atoms. The third-order valence-corrected chi connectivity index (χ3v) is 2.82. The highest BCUT2D eigenvalue weighted by Gasteiger charge is 2.19. The molecule has 118 valence electrons. The van der Waals surface area contributed by atoms with Gasteiger partial charge in [-0.3, -0.25) is 0 Å². The van der Waals surface area contributed by atoms with Crippen molar-refractivity contribution in [3.05, 3.63) is 22.7 Å². The Hall–Kier alpha value is -1.42. The molecule has 0 radical (unpaired) electrons. The largest absolute Gasteiger partial charge is 0.493 e. The van der Waals surface area contributed by atoms with Gasteiger partial charge in [0, 0.05) is 6.07 Å². The van der Waals surface area contributed by atoms with Gasteiger partial charge in [0.15, 0.2) is 0 Å². The van der Waals surface area contributed by atoms with Crippen LogP contribution in [0.25, 0.3) is 0 Å². The van der Waals surface area contributed by atoms with Crippen LogP contribution in [0.3, 0.4) is 0 Å². The zero-order chi connectivity index (χ0) is 15.8. The van der Waals surface area contributed by atoms with E-state index in [0.717, 1.165) is 12.8 Å². The van der Waals surface area contributed by atoms with Gasteiger partial charge in [-0.15, -0.1) is 0 Å². The molecule has 0 aromatic heterocycles. The van der Waals surface area contributed by atoms with E-state index >= 15 is 0 Å². The van der Waals surface area contributed by atoms with Gasteiger partial charge in [-0.25, -0.2) is 4.79 Å². The van der Waals surface area contributed by atoms with Crippen molar-refractivity contribution in [2.45, 2.75) is 46.6 Å². The molecular formula is C16H23ClO4. The van der Waals surface area contributed by atoms with Crippen LogP contribution in [0.4, 0.5) is 0 Å². The molecule has 1 rings (SSSR count). The SMILES string of the molecule is CCCOc1cc(C(=O)OC(C)C)c(OCCC)cc1Cl. The van der Waals surface area contributed by atoms with Crippen molar-refractivity contribution in [2.24, 2.45) is 0 Å². The lowest BCUT2D eigenvalue weighted by molar-refractivity contribution is 0.0373. The lowest BCUT2D eigenvalue weighted by Crippen LogP contribution is -2.14. The average molecular weight is 315 g/mol. The minimum Gasteiger partial charge on any atom is -0.493 e. The molecule has 0 amide bonds. The predicted molar refractivity (Wildman–Crippen MR) is 83.6 cm³/mol. The normalized spacial score (nSPS) is 10.6. The molecule has 0 saturated heterocycles. The summed E-state index contributed by atoms with van der Waals surface area (Å²) in [7, 11) is 0. The Labute approximate surface area is 131 Å². The Morgan fingerprint density at radius 1 is 1.10 bits per heavy atom. The van der Waals surface area contributed by atoms with E-state index in [0.29, 0.717) is 35.3 Å². The molecule has 1 aromatic rings. The van der Waals surface area contributed by atoms with Crippen molar-refractivity contribution in [1.82, 2.24) is 0 Å². The zero-order valence-corrected chi connectivity index (χ0v) is 13.8. The second-order valence-electron chi connectivity index (χ2n) is 4.93. The second-order valence-corrected chi connectivity index (χ2v) is 5.34. The molecule has 0 heterocycles. The van der Waals surface area contributed by atoms with Crippen molar-refractivity contribution in [2.75, 3.05) is 13.2 Å². The third-order valence-electron chi connectivity index (χ3n) is 2.52. The third kappa shape index (κ3) is 5.46. The quantitative estimate of drug-likeness (QED) is 0.663. The maximum atomic E-state index is 12.2. The van der Waals surface area contributed by atoms with Gasteiger partial charge in [0.1, 0.15) is 17.1 Å². The molecule has 0 atom stereocenters. The molecule has 0 N–H and O–H groups in total. The highest BCUT2D eigenvalue weighted by atomic mass is 35.5. The maximum Gasteiger partial charge on any atom is 0.342 e. The summed E-state index contributed by atoms with van der Waals surface area (Å²) in [6.45, 7) is 8.64. The van der Waals surface area contributed by atoms with Gasteiger partial charge in [-0.2, -0.15) is 0 Å². The van der Waals surface area contributed by atoms with E-state index in [1.807, 2.05) is 13.8 Å². The van der Waals surface area contributed by atoms with Crippen molar-refractivity contribution in [3.8, 4) is 11.5 Å². The van der Waals surface area contributed by atoms with Gasteiger partial charge in [-0.1, -0.05) is 25.4 Å². The molecule has 0 aliphatic heterocycles. The monoisotopic (exact) mass is 314 g/mol. The van der Waals surface area contributed by atoms with Crippen LogP contribution in [0.5, 0.6) is 11.5 Å². The van der Waals surface area contributed by atoms with Crippen LogP contribution in [-0.2, 0) is 4.74 Å². The highest BCUT2D eigenvalue weighted by Crippen LogP contribution is 2.33. The zero-order valence-electron chi connectivity index (χ0n) is 13.1. The van der Waals surface area contributed by atoms with E-state index in [-0.39, 0.29) is 6.10 Å². The summed E-state index contributed by atoms with van der Waals surface area (Å²) in [5.41, 5.74) is 0.340. The molecule has 0 saturated carbocycles. The molecule has 0 aliphatic carbocycles. The van der Waals surface area contributed by atoms with E-state index in [1.165, 1.54) is 0 Å². The first-order valence-corrected chi connectivity index (χ1v) is 7.67. The first-order chi connectivity index (χ1) is 9.99. The molecule has 0 aliphatic rings. The van der Waals surface area contributed by atoms with E-state index in [9.17, 15) is 4.79 Å². The number of hydrogen-bond donors (Lipinski definition) is 0. The minimum absolute atomic E-state index is 0.202. The lowest BCUT2D eigenvalue weighted by atomic mass is 10.2. The highest BCUT2D eigenvalue weighted by molar-refractivity contribution is 6.32. The average Bonchev–Trinajstić information content (AvgIpc) is 2.43. The van der Waals surface area contributed by atoms with Crippen LogP contribution in [0, 0.1) is 0 Å². The molecule has 1 aromatic carbocycles. The fourth-order valence-electron chi connectivity index (χ4n) is 1.63. The minimum atomic E-state index is -0.436. The van der Waals surface area contributed by atoms with Crippen molar-refractivity contribution in [3.63, 3.8) is 0 Å². The summed E-state index contributed by atoms with van der Waals surface area (Å²) in [5, 5.41) is 0.427. The summed E-state index contributed by atoms with van der Waals surface area (Å²) in [5.74, 6) is 0.462. The number of carbonyl (C=O) groups is 1. The van der Waals surface area contributed by atoms with Crippen LogP contribution in [0.15, 0.2) is 12.1 Å². The van der Waals surface area contributed by atoms with Gasteiger partial charge < -0.3 is 14.2 Å². The fraction of sp³-hybridized carbons (Fsp3) is 0.562. The van der Waals surface area contributed by atoms with E-state index in [2.05, 4.69) is 0 Å². The van der Waals surface area contributed by atoms with Crippen molar-refractivity contribution >= 4 is 17.6 Å². The first-order valence-electron chi connectivity index (χ1n) is 7.29. The molecule has 4 nitrogen and oxygen atoms in total. The topological polar surface area (TPSA) is 44.8 Å². The summed E-state index contributed by atoms with van der Waals surface area (Å²) in [6.07, 6.45) is 1.49. The number of rotatable bonds is 8. The summed E-state index contributed by atoms with van der Waals surface area (Å²) in [6, 6.07) is 3.20. The van der Waals surface area contributed by atoms with E-state index in [4.69, 9.17) is 25.8 Å². The standard InChI is InChI=1S/C16H23ClO4/c1-5-7-19-14-10-13(17)15(20-8-6-2)9-12(14)16(18)21-11(3)4/h9-11H,5-8H2,1-4H3. The smallest absolute Gasteiger partial charge is 0.342 e. The Balaban J connectivity index is 3.10. The Morgan fingerprint density at radius 3 is 2.19 bits per heavy atom. The van der Waals surface area contributed by atoms with Crippen LogP contribution in [0.1, 0.15) is 50.9 Å². The van der Waals surface area contributed by atoms with Crippen LogP contribution >= 0.6 is 11.6 Å². The second kappa shape index (κ2) is 8.78. The molecule has 0 spiro atoms. The maximum absolute atomic E-state index is 12.2. The van der Waals surface area contributed by atoms with Gasteiger partial charge in [0.05, 0.1) is 24.3 Å². The Bertz CT molecular complexity index is 472. The number of esters is 1. The predicted octanol–water partition coefficient (Wildman–Crippen LogP) is 4.48. The van der Waals surface area contributed by atoms with E-state index < -0.39 is 5.97 Å². The number of carbonyl (C=O) groups excluding carboxylic acids is 1. The molecule has 0 unspecified atom stereocenters. The number of benzene rings is 1. The molecule has 0 fully saturated rings. The van der Waals surface area contributed by atoms with Gasteiger partial charge >= 0.3 is 5.97 Å². The number of hydrogen-bond acceptors (Lipinski definition) is 4. The Kier molecular flexibility index (Phi) is 7.37.